The molecule has 0 aliphatic rings. The zero-order valence-corrected chi connectivity index (χ0v) is 10.1. The Kier molecular flexibility index (Phi) is 4.65. The van der Waals surface area contributed by atoms with Crippen LogP contribution in [-0.2, 0) is 4.79 Å². The van der Waals surface area contributed by atoms with Crippen LogP contribution in [-0.4, -0.2) is 35.9 Å². The van der Waals surface area contributed by atoms with Crippen LogP contribution >= 0.6 is 0 Å². The molecule has 0 saturated carbocycles. The minimum absolute atomic E-state index is 0.0568. The van der Waals surface area contributed by atoms with Gasteiger partial charge in [0.25, 0.3) is 0 Å². The summed E-state index contributed by atoms with van der Waals surface area (Å²) in [5, 5.41) is 10.2. The van der Waals surface area contributed by atoms with Gasteiger partial charge in [0.1, 0.15) is 6.10 Å². The molecular weight excluding hydrogens is 202 g/mol. The Balaban J connectivity index is 2.92. The molecule has 0 heterocycles. The van der Waals surface area contributed by atoms with E-state index in [2.05, 4.69) is 0 Å². The summed E-state index contributed by atoms with van der Waals surface area (Å²) in [4.78, 5) is 13.5. The molecule has 0 unspecified atom stereocenters. The molecule has 0 bridgehead atoms. The van der Waals surface area contributed by atoms with Gasteiger partial charge in [-0.1, -0.05) is 37.3 Å². The number of Topliss-reactive ketones (excluding diaryl/α,β-unsaturated/α-hetero) is 1. The Morgan fingerprint density at radius 1 is 1.31 bits per heavy atom. The topological polar surface area (TPSA) is 40.5 Å². The van der Waals surface area contributed by atoms with Crippen LogP contribution in [0.25, 0.3) is 0 Å². The van der Waals surface area contributed by atoms with Crippen molar-refractivity contribution in [2.24, 2.45) is 0 Å². The zero-order valence-electron chi connectivity index (χ0n) is 10.1. The van der Waals surface area contributed by atoms with Crippen LogP contribution < -0.4 is 0 Å². The number of benzene rings is 1. The van der Waals surface area contributed by atoms with Gasteiger partial charge >= 0.3 is 0 Å². The molecule has 0 spiro atoms. The van der Waals surface area contributed by atoms with E-state index in [9.17, 15) is 9.90 Å². The molecule has 1 aromatic rings. The summed E-state index contributed by atoms with van der Waals surface area (Å²) in [5.41, 5.74) is 0.781. The van der Waals surface area contributed by atoms with Crippen LogP contribution in [0.4, 0.5) is 0 Å². The fraction of sp³-hybridized carbons (Fsp3) is 0.462. The third-order valence-electron chi connectivity index (χ3n) is 2.67. The average Bonchev–Trinajstić information content (AvgIpc) is 2.29. The number of ketones is 1. The first kappa shape index (κ1) is 12.9. The predicted molar refractivity (Wildman–Crippen MR) is 64.2 cm³/mol. The number of aliphatic hydroxyl groups is 1. The van der Waals surface area contributed by atoms with E-state index in [0.717, 1.165) is 5.56 Å². The lowest BCUT2D eigenvalue weighted by Crippen LogP contribution is -2.40. The molecule has 16 heavy (non-hydrogen) atoms. The molecule has 88 valence electrons. The van der Waals surface area contributed by atoms with Gasteiger partial charge < -0.3 is 5.11 Å². The fourth-order valence-corrected chi connectivity index (χ4v) is 1.79. The Bertz CT molecular complexity index is 335. The number of nitrogens with zero attached hydrogens (tertiary/aromatic N) is 1. The van der Waals surface area contributed by atoms with Crippen molar-refractivity contribution in [3.8, 4) is 0 Å². The zero-order chi connectivity index (χ0) is 12.1. The van der Waals surface area contributed by atoms with Crippen molar-refractivity contribution in [2.75, 3.05) is 14.1 Å². The largest absolute Gasteiger partial charge is 0.386 e. The van der Waals surface area contributed by atoms with Crippen molar-refractivity contribution in [2.45, 2.75) is 25.5 Å². The molecule has 0 aromatic heterocycles. The maximum absolute atomic E-state index is 11.8. The van der Waals surface area contributed by atoms with Gasteiger partial charge in [0.2, 0.25) is 0 Å². The van der Waals surface area contributed by atoms with Crippen LogP contribution in [0.1, 0.15) is 25.0 Å². The van der Waals surface area contributed by atoms with Crippen molar-refractivity contribution >= 4 is 5.78 Å². The van der Waals surface area contributed by atoms with Crippen molar-refractivity contribution in [3.63, 3.8) is 0 Å². The molecule has 0 aliphatic carbocycles. The van der Waals surface area contributed by atoms with E-state index >= 15 is 0 Å². The molecule has 0 amide bonds. The first-order valence-corrected chi connectivity index (χ1v) is 5.50. The number of rotatable bonds is 5. The standard InChI is InChI=1S/C13H19NO2/c1-4-11(15)12(14(2)3)13(16)10-8-6-5-7-9-10/h5-9,12-13,16H,4H2,1-3H3/t12-,13+/m1/s1. The molecule has 0 radical (unpaired) electrons. The molecular formula is C13H19NO2. The van der Waals surface area contributed by atoms with Gasteiger partial charge in [0.15, 0.2) is 5.78 Å². The number of aliphatic hydroxyl groups excluding tert-OH is 1. The summed E-state index contributed by atoms with van der Waals surface area (Å²) in [6.45, 7) is 1.82. The van der Waals surface area contributed by atoms with E-state index < -0.39 is 12.1 Å². The lowest BCUT2D eigenvalue weighted by atomic mass is 9.97. The molecule has 3 nitrogen and oxygen atoms in total. The van der Waals surface area contributed by atoms with Crippen LogP contribution in [0, 0.1) is 0 Å². The quantitative estimate of drug-likeness (QED) is 0.821. The normalized spacial score (nSPS) is 14.8. The van der Waals surface area contributed by atoms with Crippen LogP contribution in [0.3, 0.4) is 0 Å². The van der Waals surface area contributed by atoms with Crippen LogP contribution in [0.5, 0.6) is 0 Å². The highest BCUT2D eigenvalue weighted by atomic mass is 16.3. The maximum atomic E-state index is 11.8. The summed E-state index contributed by atoms with van der Waals surface area (Å²) in [6, 6.07) is 8.83. The van der Waals surface area contributed by atoms with E-state index in [1.807, 2.05) is 51.4 Å². The minimum Gasteiger partial charge on any atom is -0.386 e. The number of carbonyl (C=O) groups excluding carboxylic acids is 1. The first-order chi connectivity index (χ1) is 7.57. The van der Waals surface area contributed by atoms with E-state index in [0.29, 0.717) is 6.42 Å². The SMILES string of the molecule is CCC(=O)[C@H]([C@@H](O)c1ccccc1)N(C)C. The van der Waals surface area contributed by atoms with E-state index in [1.165, 1.54) is 0 Å². The van der Waals surface area contributed by atoms with Crippen molar-refractivity contribution in [3.05, 3.63) is 35.9 Å². The summed E-state index contributed by atoms with van der Waals surface area (Å²) in [5.74, 6) is 0.0568. The molecule has 0 fully saturated rings. The smallest absolute Gasteiger partial charge is 0.152 e. The summed E-state index contributed by atoms with van der Waals surface area (Å²) in [6.07, 6.45) is -0.323. The summed E-state index contributed by atoms with van der Waals surface area (Å²) >= 11 is 0. The Morgan fingerprint density at radius 3 is 2.31 bits per heavy atom. The van der Waals surface area contributed by atoms with Crippen molar-refractivity contribution < 1.29 is 9.90 Å². The molecule has 3 heteroatoms. The van der Waals surface area contributed by atoms with Gasteiger partial charge in [0, 0.05) is 6.42 Å². The van der Waals surface area contributed by atoms with Gasteiger partial charge in [-0.25, -0.2) is 0 Å². The van der Waals surface area contributed by atoms with Gasteiger partial charge in [-0.3, -0.25) is 9.69 Å². The van der Waals surface area contributed by atoms with Gasteiger partial charge in [-0.2, -0.15) is 0 Å². The second-order valence-corrected chi connectivity index (χ2v) is 4.08. The highest BCUT2D eigenvalue weighted by Crippen LogP contribution is 2.20. The Hall–Kier alpha value is -1.19. The molecule has 0 saturated heterocycles. The van der Waals surface area contributed by atoms with Crippen molar-refractivity contribution in [1.82, 2.24) is 4.90 Å². The van der Waals surface area contributed by atoms with Crippen LogP contribution in [0.15, 0.2) is 30.3 Å². The lowest BCUT2D eigenvalue weighted by Gasteiger charge is -2.27. The number of hydrogen-bond donors (Lipinski definition) is 1. The fourth-order valence-electron chi connectivity index (χ4n) is 1.79. The lowest BCUT2D eigenvalue weighted by molar-refractivity contribution is -0.127. The third kappa shape index (κ3) is 2.90. The predicted octanol–water partition coefficient (Wildman–Crippen LogP) is 1.63. The minimum atomic E-state index is -0.761. The maximum Gasteiger partial charge on any atom is 0.152 e. The molecule has 2 atom stereocenters. The van der Waals surface area contributed by atoms with Crippen molar-refractivity contribution in [1.29, 1.82) is 0 Å². The second kappa shape index (κ2) is 5.77. The molecule has 1 rings (SSSR count). The van der Waals surface area contributed by atoms with E-state index in [-0.39, 0.29) is 5.78 Å². The third-order valence-corrected chi connectivity index (χ3v) is 2.67. The molecule has 0 aliphatic heterocycles. The summed E-state index contributed by atoms with van der Waals surface area (Å²) in [7, 11) is 3.62. The highest BCUT2D eigenvalue weighted by Gasteiger charge is 2.28. The number of likely N-dealkylation sites (N-methyl/N-ethyl adjacent to an activating group) is 1. The van der Waals surface area contributed by atoms with Gasteiger partial charge in [0.05, 0.1) is 6.04 Å². The second-order valence-electron chi connectivity index (χ2n) is 4.08. The van der Waals surface area contributed by atoms with E-state index in [1.54, 1.807) is 4.90 Å². The molecule has 1 aromatic carbocycles. The Morgan fingerprint density at radius 2 is 1.88 bits per heavy atom. The number of hydrogen-bond acceptors (Lipinski definition) is 3. The van der Waals surface area contributed by atoms with Crippen LogP contribution in [0.2, 0.25) is 0 Å². The first-order valence-electron chi connectivity index (χ1n) is 5.50. The van der Waals surface area contributed by atoms with E-state index in [4.69, 9.17) is 0 Å². The number of carbonyl (C=O) groups is 1. The molecule has 1 N–H and O–H groups in total. The average molecular weight is 221 g/mol. The Labute approximate surface area is 96.7 Å². The van der Waals surface area contributed by atoms with Gasteiger partial charge in [-0.05, 0) is 19.7 Å². The summed E-state index contributed by atoms with van der Waals surface area (Å²) < 4.78 is 0. The van der Waals surface area contributed by atoms with Gasteiger partial charge in [-0.15, -0.1) is 0 Å². The monoisotopic (exact) mass is 221 g/mol. The highest BCUT2D eigenvalue weighted by molar-refractivity contribution is 5.84.